The van der Waals surface area contributed by atoms with Gasteiger partial charge in [-0.15, -0.1) is 6.58 Å². The third-order valence-electron chi connectivity index (χ3n) is 4.54. The summed E-state index contributed by atoms with van der Waals surface area (Å²) in [5, 5.41) is 11.8. The molecular formula is C15H23NO4. The number of carbonyl (C=O) groups excluding carboxylic acids is 1. The summed E-state index contributed by atoms with van der Waals surface area (Å²) in [4.78, 5) is 23.2. The summed E-state index contributed by atoms with van der Waals surface area (Å²) in [5.41, 5.74) is -0.461. The minimum Gasteiger partial charge on any atom is -0.480 e. The Morgan fingerprint density at radius 1 is 1.50 bits per heavy atom. The third kappa shape index (κ3) is 3.32. The highest BCUT2D eigenvalue weighted by molar-refractivity contribution is 5.80. The molecule has 2 N–H and O–H groups in total. The van der Waals surface area contributed by atoms with Gasteiger partial charge < -0.3 is 15.2 Å². The third-order valence-corrected chi connectivity index (χ3v) is 4.54. The van der Waals surface area contributed by atoms with E-state index in [1.807, 2.05) is 13.0 Å². The average molecular weight is 281 g/mol. The van der Waals surface area contributed by atoms with E-state index in [4.69, 9.17) is 4.74 Å². The van der Waals surface area contributed by atoms with Crippen LogP contribution in [0, 0.1) is 11.8 Å². The van der Waals surface area contributed by atoms with Gasteiger partial charge in [0.1, 0.15) is 11.6 Å². The lowest BCUT2D eigenvalue weighted by Gasteiger charge is -2.22. The Morgan fingerprint density at radius 2 is 2.15 bits per heavy atom. The Kier molecular flexibility index (Phi) is 4.35. The zero-order valence-electron chi connectivity index (χ0n) is 11.9. The van der Waals surface area contributed by atoms with E-state index in [0.29, 0.717) is 5.92 Å². The van der Waals surface area contributed by atoms with Gasteiger partial charge in [0.15, 0.2) is 0 Å². The molecule has 0 aromatic heterocycles. The fourth-order valence-corrected chi connectivity index (χ4v) is 3.13. The summed E-state index contributed by atoms with van der Waals surface area (Å²) < 4.78 is 5.39. The Morgan fingerprint density at radius 3 is 2.70 bits per heavy atom. The van der Waals surface area contributed by atoms with Crippen molar-refractivity contribution in [2.45, 2.75) is 57.1 Å². The fourth-order valence-electron chi connectivity index (χ4n) is 3.13. The zero-order chi connectivity index (χ0) is 14.8. The molecule has 2 rings (SSSR count). The number of allylic oxidation sites excluding steroid dienone is 1. The van der Waals surface area contributed by atoms with E-state index in [-0.39, 0.29) is 5.92 Å². The van der Waals surface area contributed by atoms with Crippen LogP contribution in [0.4, 0.5) is 4.79 Å². The number of aliphatic carboxylic acids is 1. The van der Waals surface area contributed by atoms with Crippen LogP contribution >= 0.6 is 0 Å². The summed E-state index contributed by atoms with van der Waals surface area (Å²) in [7, 11) is 0. The number of hydrogen-bond acceptors (Lipinski definition) is 3. The van der Waals surface area contributed by atoms with Crippen LogP contribution in [-0.4, -0.2) is 28.8 Å². The van der Waals surface area contributed by atoms with E-state index in [2.05, 4.69) is 11.9 Å². The summed E-state index contributed by atoms with van der Waals surface area (Å²) in [6.07, 6.45) is 6.60. The Bertz CT molecular complexity index is 403. The van der Waals surface area contributed by atoms with Crippen molar-refractivity contribution in [1.82, 2.24) is 5.32 Å². The van der Waals surface area contributed by atoms with Crippen LogP contribution in [0.5, 0.6) is 0 Å². The van der Waals surface area contributed by atoms with Crippen LogP contribution in [-0.2, 0) is 9.53 Å². The summed E-state index contributed by atoms with van der Waals surface area (Å²) in [6, 6.07) is -0.829. The van der Waals surface area contributed by atoms with E-state index < -0.39 is 23.7 Å². The molecule has 0 aromatic carbocycles. The standard InChI is InChI=1S/C15H23NO4/c1-3-6-11-9-15(11,2)20-14(19)16-12(13(17)18)10-7-4-5-8-10/h3,10-12H,1,4-9H2,2H3,(H,16,19)(H,17,18)/t11-,12+,15+/m1/s1. The van der Waals surface area contributed by atoms with Gasteiger partial charge in [0.25, 0.3) is 0 Å². The molecule has 0 aliphatic heterocycles. The maximum Gasteiger partial charge on any atom is 0.408 e. The van der Waals surface area contributed by atoms with Crippen molar-refractivity contribution in [3.63, 3.8) is 0 Å². The Hall–Kier alpha value is -1.52. The number of carbonyl (C=O) groups is 2. The average Bonchev–Trinajstić information content (AvgIpc) is 2.81. The van der Waals surface area contributed by atoms with Gasteiger partial charge in [-0.2, -0.15) is 0 Å². The molecular weight excluding hydrogens is 258 g/mol. The molecule has 0 radical (unpaired) electrons. The van der Waals surface area contributed by atoms with Crippen molar-refractivity contribution >= 4 is 12.1 Å². The number of carboxylic acid groups (broad SMARTS) is 1. The maximum absolute atomic E-state index is 11.9. The lowest BCUT2D eigenvalue weighted by molar-refractivity contribution is -0.140. The van der Waals surface area contributed by atoms with E-state index in [0.717, 1.165) is 38.5 Å². The van der Waals surface area contributed by atoms with Gasteiger partial charge in [0.05, 0.1) is 0 Å². The van der Waals surface area contributed by atoms with Gasteiger partial charge in [-0.3, -0.25) is 0 Å². The number of nitrogens with one attached hydrogen (secondary N) is 1. The molecule has 0 heterocycles. The van der Waals surface area contributed by atoms with Gasteiger partial charge in [0, 0.05) is 5.92 Å². The fraction of sp³-hybridized carbons (Fsp3) is 0.733. The summed E-state index contributed by atoms with van der Waals surface area (Å²) in [5.74, 6) is -0.644. The van der Waals surface area contributed by atoms with Crippen LogP contribution in [0.1, 0.15) is 45.4 Å². The smallest absolute Gasteiger partial charge is 0.408 e. The van der Waals surface area contributed by atoms with E-state index >= 15 is 0 Å². The topological polar surface area (TPSA) is 75.6 Å². The molecule has 2 aliphatic rings. The van der Waals surface area contributed by atoms with E-state index in [1.54, 1.807) is 0 Å². The molecule has 0 bridgehead atoms. The molecule has 2 fully saturated rings. The molecule has 0 aromatic rings. The molecule has 3 atom stereocenters. The largest absolute Gasteiger partial charge is 0.480 e. The predicted octanol–water partition coefficient (Wildman–Crippen LogP) is 2.71. The van der Waals surface area contributed by atoms with Crippen LogP contribution in [0.3, 0.4) is 0 Å². The molecule has 2 aliphatic carbocycles. The number of hydrogen-bond donors (Lipinski definition) is 2. The van der Waals surface area contributed by atoms with Crippen LogP contribution in [0.2, 0.25) is 0 Å². The van der Waals surface area contributed by atoms with Crippen molar-refractivity contribution in [2.24, 2.45) is 11.8 Å². The first kappa shape index (κ1) is 14.9. The highest BCUT2D eigenvalue weighted by Gasteiger charge is 2.53. The van der Waals surface area contributed by atoms with Gasteiger partial charge in [-0.05, 0) is 38.5 Å². The minimum atomic E-state index is -0.975. The summed E-state index contributed by atoms with van der Waals surface area (Å²) in [6.45, 7) is 5.56. The molecule has 20 heavy (non-hydrogen) atoms. The summed E-state index contributed by atoms with van der Waals surface area (Å²) >= 11 is 0. The van der Waals surface area contributed by atoms with E-state index in [1.165, 1.54) is 0 Å². The highest BCUT2D eigenvalue weighted by atomic mass is 16.6. The Labute approximate surface area is 119 Å². The van der Waals surface area contributed by atoms with Gasteiger partial charge in [-0.1, -0.05) is 18.9 Å². The first-order valence-corrected chi connectivity index (χ1v) is 7.29. The van der Waals surface area contributed by atoms with Crippen LogP contribution < -0.4 is 5.32 Å². The van der Waals surface area contributed by atoms with Crippen molar-refractivity contribution in [3.05, 3.63) is 12.7 Å². The van der Waals surface area contributed by atoms with Gasteiger partial charge >= 0.3 is 12.1 Å². The van der Waals surface area contributed by atoms with E-state index in [9.17, 15) is 14.7 Å². The van der Waals surface area contributed by atoms with Crippen molar-refractivity contribution in [3.8, 4) is 0 Å². The highest BCUT2D eigenvalue weighted by Crippen LogP contribution is 2.48. The second-order valence-corrected chi connectivity index (χ2v) is 6.13. The van der Waals surface area contributed by atoms with Gasteiger partial charge in [0.2, 0.25) is 0 Å². The lowest BCUT2D eigenvalue weighted by atomic mass is 9.98. The zero-order valence-corrected chi connectivity index (χ0v) is 11.9. The minimum absolute atomic E-state index is 0.0241. The second-order valence-electron chi connectivity index (χ2n) is 6.13. The van der Waals surface area contributed by atoms with Crippen LogP contribution in [0.25, 0.3) is 0 Å². The maximum atomic E-state index is 11.9. The molecule has 2 saturated carbocycles. The molecule has 5 heteroatoms. The molecule has 0 spiro atoms. The first-order valence-electron chi connectivity index (χ1n) is 7.29. The van der Waals surface area contributed by atoms with Crippen LogP contribution in [0.15, 0.2) is 12.7 Å². The molecule has 5 nitrogen and oxygen atoms in total. The van der Waals surface area contributed by atoms with Gasteiger partial charge in [-0.25, -0.2) is 9.59 Å². The number of carboxylic acids is 1. The first-order chi connectivity index (χ1) is 9.46. The Balaban J connectivity index is 1.86. The molecule has 112 valence electrons. The number of amides is 1. The predicted molar refractivity (Wildman–Crippen MR) is 74.3 cm³/mol. The van der Waals surface area contributed by atoms with Crippen molar-refractivity contribution < 1.29 is 19.4 Å². The van der Waals surface area contributed by atoms with Crippen molar-refractivity contribution in [1.29, 1.82) is 0 Å². The molecule has 1 amide bonds. The number of rotatable bonds is 6. The SMILES string of the molecule is C=CC[C@@H]1C[C@]1(C)OC(=O)N[C@H](C(=O)O)C1CCCC1. The molecule has 0 unspecified atom stereocenters. The molecule has 0 saturated heterocycles. The normalized spacial score (nSPS) is 30.6. The lowest BCUT2D eigenvalue weighted by Crippen LogP contribution is -2.46. The quantitative estimate of drug-likeness (QED) is 0.734. The van der Waals surface area contributed by atoms with Crippen molar-refractivity contribution in [2.75, 3.05) is 0 Å². The number of alkyl carbamates (subject to hydrolysis) is 1. The monoisotopic (exact) mass is 281 g/mol. The number of ether oxygens (including phenoxy) is 1. The second kappa shape index (κ2) is 5.85.